The van der Waals surface area contributed by atoms with Gasteiger partial charge in [-0.05, 0) is 41.8 Å². The predicted octanol–water partition coefficient (Wildman–Crippen LogP) is 5.57. The van der Waals surface area contributed by atoms with Crippen LogP contribution in [0, 0.1) is 5.82 Å². The normalized spacial score (nSPS) is 12.1. The highest BCUT2D eigenvalue weighted by Crippen LogP contribution is 2.29. The SMILES string of the molecule is Fc1ccc([C@@H](CCNc2nccs2)c2ccc(Cl)cc2)cc1. The van der Waals surface area contributed by atoms with Gasteiger partial charge in [-0.1, -0.05) is 35.9 Å². The summed E-state index contributed by atoms with van der Waals surface area (Å²) in [5.41, 5.74) is 2.26. The molecule has 0 aliphatic heterocycles. The van der Waals surface area contributed by atoms with Crippen LogP contribution in [-0.2, 0) is 0 Å². The molecule has 3 aromatic rings. The lowest BCUT2D eigenvalue weighted by Crippen LogP contribution is -2.09. The zero-order valence-corrected chi connectivity index (χ0v) is 13.9. The first kappa shape index (κ1) is 16.0. The van der Waals surface area contributed by atoms with Gasteiger partial charge in [0.2, 0.25) is 0 Å². The number of hydrogen-bond donors (Lipinski definition) is 1. The van der Waals surface area contributed by atoms with Gasteiger partial charge in [-0.2, -0.15) is 0 Å². The van der Waals surface area contributed by atoms with Crippen molar-refractivity contribution in [3.63, 3.8) is 0 Å². The summed E-state index contributed by atoms with van der Waals surface area (Å²) in [6.07, 6.45) is 2.66. The zero-order chi connectivity index (χ0) is 16.1. The van der Waals surface area contributed by atoms with Crippen LogP contribution in [0.25, 0.3) is 0 Å². The van der Waals surface area contributed by atoms with Crippen molar-refractivity contribution in [1.82, 2.24) is 4.98 Å². The first-order chi connectivity index (χ1) is 11.2. The highest BCUT2D eigenvalue weighted by molar-refractivity contribution is 7.13. The molecule has 23 heavy (non-hydrogen) atoms. The molecule has 2 nitrogen and oxygen atoms in total. The van der Waals surface area contributed by atoms with E-state index in [0.29, 0.717) is 5.02 Å². The van der Waals surface area contributed by atoms with Gasteiger partial charge in [0, 0.05) is 29.1 Å². The summed E-state index contributed by atoms with van der Waals surface area (Å²) in [5, 5.41) is 6.90. The molecule has 0 saturated heterocycles. The standard InChI is InChI=1S/C18H16ClFN2S/c19-15-5-1-13(2-6-15)17(14-3-7-16(20)8-4-14)9-10-21-18-22-11-12-23-18/h1-8,11-12,17H,9-10H2,(H,21,22)/t17-/m0/s1. The van der Waals surface area contributed by atoms with Gasteiger partial charge in [-0.3, -0.25) is 0 Å². The third-order valence-electron chi connectivity index (χ3n) is 3.69. The monoisotopic (exact) mass is 346 g/mol. The van der Waals surface area contributed by atoms with Crippen molar-refractivity contribution < 1.29 is 4.39 Å². The van der Waals surface area contributed by atoms with Crippen molar-refractivity contribution >= 4 is 28.1 Å². The number of aromatic nitrogens is 1. The zero-order valence-electron chi connectivity index (χ0n) is 12.4. The van der Waals surface area contributed by atoms with Crippen LogP contribution in [0.2, 0.25) is 5.02 Å². The third kappa shape index (κ3) is 4.30. The second kappa shape index (κ2) is 7.57. The van der Waals surface area contributed by atoms with Crippen LogP contribution < -0.4 is 5.32 Å². The number of nitrogens with zero attached hydrogens (tertiary/aromatic N) is 1. The summed E-state index contributed by atoms with van der Waals surface area (Å²) in [6.45, 7) is 0.790. The Morgan fingerprint density at radius 1 is 1.04 bits per heavy atom. The molecule has 1 aromatic heterocycles. The lowest BCUT2D eigenvalue weighted by Gasteiger charge is -2.18. The van der Waals surface area contributed by atoms with Gasteiger partial charge in [-0.15, -0.1) is 11.3 Å². The predicted molar refractivity (Wildman–Crippen MR) is 94.9 cm³/mol. The van der Waals surface area contributed by atoms with Gasteiger partial charge in [-0.25, -0.2) is 9.37 Å². The van der Waals surface area contributed by atoms with E-state index in [1.807, 2.05) is 41.8 Å². The van der Waals surface area contributed by atoms with Crippen molar-refractivity contribution in [2.24, 2.45) is 0 Å². The molecule has 0 spiro atoms. The van der Waals surface area contributed by atoms with E-state index in [-0.39, 0.29) is 11.7 Å². The Morgan fingerprint density at radius 2 is 1.70 bits per heavy atom. The van der Waals surface area contributed by atoms with Crippen molar-refractivity contribution in [2.45, 2.75) is 12.3 Å². The van der Waals surface area contributed by atoms with E-state index in [2.05, 4.69) is 10.3 Å². The maximum Gasteiger partial charge on any atom is 0.182 e. The summed E-state index contributed by atoms with van der Waals surface area (Å²) in [7, 11) is 0. The summed E-state index contributed by atoms with van der Waals surface area (Å²) >= 11 is 7.57. The molecule has 2 aromatic carbocycles. The summed E-state index contributed by atoms with van der Waals surface area (Å²) in [5.74, 6) is -0.0372. The van der Waals surface area contributed by atoms with Crippen molar-refractivity contribution in [1.29, 1.82) is 0 Å². The van der Waals surface area contributed by atoms with Crippen LogP contribution in [0.5, 0.6) is 0 Å². The van der Waals surface area contributed by atoms with Gasteiger partial charge in [0.1, 0.15) is 5.82 Å². The number of thiazole rings is 1. The number of rotatable bonds is 6. The lowest BCUT2D eigenvalue weighted by molar-refractivity contribution is 0.625. The Labute approximate surface area is 144 Å². The van der Waals surface area contributed by atoms with Crippen LogP contribution in [0.4, 0.5) is 9.52 Å². The number of nitrogens with one attached hydrogen (secondary N) is 1. The fraction of sp³-hybridized carbons (Fsp3) is 0.167. The lowest BCUT2D eigenvalue weighted by atomic mass is 9.88. The largest absolute Gasteiger partial charge is 0.361 e. The van der Waals surface area contributed by atoms with E-state index < -0.39 is 0 Å². The molecule has 0 bridgehead atoms. The minimum Gasteiger partial charge on any atom is -0.361 e. The fourth-order valence-electron chi connectivity index (χ4n) is 2.55. The van der Waals surface area contributed by atoms with E-state index in [1.165, 1.54) is 17.7 Å². The summed E-state index contributed by atoms with van der Waals surface area (Å²) in [4.78, 5) is 4.22. The molecular formula is C18H16ClFN2S. The second-order valence-corrected chi connectivity index (χ2v) is 6.54. The quantitative estimate of drug-likeness (QED) is 0.631. The van der Waals surface area contributed by atoms with Gasteiger partial charge in [0.25, 0.3) is 0 Å². The minimum atomic E-state index is -0.218. The second-order valence-electron chi connectivity index (χ2n) is 5.21. The fourth-order valence-corrected chi connectivity index (χ4v) is 3.23. The van der Waals surface area contributed by atoms with Crippen molar-refractivity contribution in [3.05, 3.63) is 82.1 Å². The molecular weight excluding hydrogens is 331 g/mol. The maximum atomic E-state index is 13.2. The van der Waals surface area contributed by atoms with Gasteiger partial charge >= 0.3 is 0 Å². The Morgan fingerprint density at radius 3 is 2.30 bits per heavy atom. The molecule has 1 heterocycles. The highest BCUT2D eigenvalue weighted by Gasteiger charge is 2.14. The molecule has 1 N–H and O–H groups in total. The summed E-state index contributed by atoms with van der Waals surface area (Å²) in [6, 6.07) is 14.5. The molecule has 0 aliphatic rings. The Kier molecular flexibility index (Phi) is 5.26. The topological polar surface area (TPSA) is 24.9 Å². The average Bonchev–Trinajstić information content (AvgIpc) is 3.07. The Balaban J connectivity index is 1.77. The molecule has 0 saturated carbocycles. The van der Waals surface area contributed by atoms with Gasteiger partial charge in [0.15, 0.2) is 5.13 Å². The van der Waals surface area contributed by atoms with E-state index in [9.17, 15) is 4.39 Å². The smallest absolute Gasteiger partial charge is 0.182 e. The van der Waals surface area contributed by atoms with E-state index in [4.69, 9.17) is 11.6 Å². The van der Waals surface area contributed by atoms with E-state index >= 15 is 0 Å². The minimum absolute atomic E-state index is 0.181. The number of halogens is 2. The molecule has 0 amide bonds. The molecule has 1 atom stereocenters. The highest BCUT2D eigenvalue weighted by atomic mass is 35.5. The molecule has 118 valence electrons. The molecule has 3 rings (SSSR count). The van der Waals surface area contributed by atoms with Crippen LogP contribution in [0.3, 0.4) is 0 Å². The molecule has 0 unspecified atom stereocenters. The van der Waals surface area contributed by atoms with Crippen molar-refractivity contribution in [3.8, 4) is 0 Å². The van der Waals surface area contributed by atoms with E-state index in [0.717, 1.165) is 23.7 Å². The number of anilines is 1. The molecule has 0 radical (unpaired) electrons. The summed E-state index contributed by atoms with van der Waals surface area (Å²) < 4.78 is 13.2. The molecule has 0 aliphatic carbocycles. The van der Waals surface area contributed by atoms with E-state index in [1.54, 1.807) is 17.5 Å². The molecule has 5 heteroatoms. The molecule has 0 fully saturated rings. The van der Waals surface area contributed by atoms with Crippen molar-refractivity contribution in [2.75, 3.05) is 11.9 Å². The average molecular weight is 347 g/mol. The van der Waals surface area contributed by atoms with Gasteiger partial charge in [0.05, 0.1) is 0 Å². The number of hydrogen-bond acceptors (Lipinski definition) is 3. The van der Waals surface area contributed by atoms with Crippen LogP contribution in [-0.4, -0.2) is 11.5 Å². The van der Waals surface area contributed by atoms with Crippen LogP contribution >= 0.6 is 22.9 Å². The number of benzene rings is 2. The third-order valence-corrected chi connectivity index (χ3v) is 4.67. The Bertz CT molecular complexity index is 681. The first-order valence-corrected chi connectivity index (χ1v) is 8.62. The maximum absolute atomic E-state index is 13.2. The van der Waals surface area contributed by atoms with Crippen LogP contribution in [0.1, 0.15) is 23.5 Å². The first-order valence-electron chi connectivity index (χ1n) is 7.36. The Hall–Kier alpha value is -1.91. The van der Waals surface area contributed by atoms with Gasteiger partial charge < -0.3 is 5.32 Å². The van der Waals surface area contributed by atoms with Crippen LogP contribution in [0.15, 0.2) is 60.1 Å².